The standard InChI is InChI=1S/C18H16FN3O3/c1-3-22-16-9-6-13(10-15(16)20-21-22)18(24)25-11(2)17(23)12-4-7-14(19)8-5-12/h4-11H,3H2,1-2H3/t11-/m0/s1. The number of nitrogens with zero attached hydrogens (tertiary/aromatic N) is 3. The van der Waals surface area contributed by atoms with Gasteiger partial charge in [-0.1, -0.05) is 5.21 Å². The van der Waals surface area contributed by atoms with Crippen LogP contribution in [-0.4, -0.2) is 32.9 Å². The van der Waals surface area contributed by atoms with Gasteiger partial charge in [-0.2, -0.15) is 0 Å². The van der Waals surface area contributed by atoms with Gasteiger partial charge < -0.3 is 4.74 Å². The van der Waals surface area contributed by atoms with Crippen LogP contribution in [-0.2, 0) is 11.3 Å². The third kappa shape index (κ3) is 3.40. The number of Topliss-reactive ketones (excluding diaryl/α,β-unsaturated/α-hetero) is 1. The molecule has 0 spiro atoms. The number of ether oxygens (including phenoxy) is 1. The Balaban J connectivity index is 1.74. The van der Waals surface area contributed by atoms with Gasteiger partial charge in [-0.3, -0.25) is 4.79 Å². The summed E-state index contributed by atoms with van der Waals surface area (Å²) >= 11 is 0. The first-order valence-electron chi connectivity index (χ1n) is 7.83. The summed E-state index contributed by atoms with van der Waals surface area (Å²) in [5, 5.41) is 7.99. The van der Waals surface area contributed by atoms with E-state index in [0.29, 0.717) is 12.1 Å². The normalized spacial score (nSPS) is 12.1. The predicted octanol–water partition coefficient (Wildman–Crippen LogP) is 3.02. The second kappa shape index (κ2) is 6.80. The van der Waals surface area contributed by atoms with Crippen molar-refractivity contribution in [2.24, 2.45) is 0 Å². The van der Waals surface area contributed by atoms with Crippen LogP contribution in [0.4, 0.5) is 4.39 Å². The lowest BCUT2D eigenvalue weighted by Crippen LogP contribution is -2.24. The molecule has 0 aliphatic heterocycles. The first-order chi connectivity index (χ1) is 12.0. The van der Waals surface area contributed by atoms with Crippen LogP contribution in [0.3, 0.4) is 0 Å². The fourth-order valence-corrected chi connectivity index (χ4v) is 2.46. The number of aryl methyl sites for hydroxylation is 1. The molecule has 1 heterocycles. The van der Waals surface area contributed by atoms with E-state index in [9.17, 15) is 14.0 Å². The Morgan fingerprint density at radius 1 is 1.16 bits per heavy atom. The number of hydrogen-bond donors (Lipinski definition) is 0. The topological polar surface area (TPSA) is 74.1 Å². The molecule has 0 aliphatic carbocycles. The third-order valence-corrected chi connectivity index (χ3v) is 3.83. The summed E-state index contributed by atoms with van der Waals surface area (Å²) in [5.74, 6) is -1.46. The molecule has 1 atom stereocenters. The molecule has 0 saturated heterocycles. The molecule has 0 amide bonds. The Bertz CT molecular complexity index is 934. The molecule has 2 aromatic carbocycles. The van der Waals surface area contributed by atoms with Gasteiger partial charge in [0.2, 0.25) is 5.78 Å². The van der Waals surface area contributed by atoms with Gasteiger partial charge in [0.1, 0.15) is 11.3 Å². The molecular weight excluding hydrogens is 325 g/mol. The Hall–Kier alpha value is -3.09. The second-order valence-electron chi connectivity index (χ2n) is 5.53. The van der Waals surface area contributed by atoms with E-state index < -0.39 is 23.7 Å². The Morgan fingerprint density at radius 2 is 1.84 bits per heavy atom. The molecular formula is C18H16FN3O3. The van der Waals surface area contributed by atoms with Crippen LogP contribution >= 0.6 is 0 Å². The van der Waals surface area contributed by atoms with Gasteiger partial charge in [0.15, 0.2) is 6.10 Å². The molecule has 7 heteroatoms. The summed E-state index contributed by atoms with van der Waals surface area (Å²) in [4.78, 5) is 24.5. The van der Waals surface area contributed by atoms with Gasteiger partial charge in [0, 0.05) is 12.1 Å². The van der Waals surface area contributed by atoms with Crippen molar-refractivity contribution in [1.82, 2.24) is 15.0 Å². The van der Waals surface area contributed by atoms with Gasteiger partial charge >= 0.3 is 5.97 Å². The quantitative estimate of drug-likeness (QED) is 0.527. The van der Waals surface area contributed by atoms with E-state index in [1.807, 2.05) is 6.92 Å². The number of carbonyl (C=O) groups excluding carboxylic acids is 2. The van der Waals surface area contributed by atoms with Crippen molar-refractivity contribution in [2.45, 2.75) is 26.5 Å². The minimum absolute atomic E-state index is 0.281. The first kappa shape index (κ1) is 16.8. The number of carbonyl (C=O) groups is 2. The summed E-state index contributed by atoms with van der Waals surface area (Å²) in [6, 6.07) is 10.0. The van der Waals surface area contributed by atoms with E-state index in [0.717, 1.165) is 5.52 Å². The Kier molecular flexibility index (Phi) is 4.56. The SMILES string of the molecule is CCn1nnc2cc(C(=O)O[C@@H](C)C(=O)c3ccc(F)cc3)ccc21. The van der Waals surface area contributed by atoms with Crippen molar-refractivity contribution in [2.75, 3.05) is 0 Å². The van der Waals surface area contributed by atoms with E-state index in [-0.39, 0.29) is 11.1 Å². The highest BCUT2D eigenvalue weighted by Crippen LogP contribution is 2.16. The maximum Gasteiger partial charge on any atom is 0.338 e. The molecule has 1 aromatic heterocycles. The summed E-state index contributed by atoms with van der Waals surface area (Å²) in [5.41, 5.74) is 1.96. The second-order valence-corrected chi connectivity index (χ2v) is 5.53. The molecule has 0 unspecified atom stereocenters. The molecule has 128 valence electrons. The van der Waals surface area contributed by atoms with E-state index in [1.165, 1.54) is 31.2 Å². The lowest BCUT2D eigenvalue weighted by atomic mass is 10.1. The van der Waals surface area contributed by atoms with Gasteiger partial charge in [-0.05, 0) is 56.3 Å². The number of esters is 1. The van der Waals surface area contributed by atoms with E-state index in [2.05, 4.69) is 10.3 Å². The number of ketones is 1. The van der Waals surface area contributed by atoms with Crippen LogP contribution in [0.1, 0.15) is 34.6 Å². The van der Waals surface area contributed by atoms with Crippen LogP contribution in [0.25, 0.3) is 11.0 Å². The molecule has 0 aliphatic rings. The highest BCUT2D eigenvalue weighted by Gasteiger charge is 2.21. The van der Waals surface area contributed by atoms with E-state index in [1.54, 1.807) is 22.9 Å². The lowest BCUT2D eigenvalue weighted by Gasteiger charge is -2.12. The zero-order chi connectivity index (χ0) is 18.0. The zero-order valence-corrected chi connectivity index (χ0v) is 13.8. The molecule has 0 radical (unpaired) electrons. The van der Waals surface area contributed by atoms with Gasteiger partial charge in [-0.25, -0.2) is 13.9 Å². The molecule has 25 heavy (non-hydrogen) atoms. The van der Waals surface area contributed by atoms with Crippen LogP contribution < -0.4 is 0 Å². The molecule has 0 bridgehead atoms. The molecule has 3 rings (SSSR count). The Labute approximate surface area is 143 Å². The monoisotopic (exact) mass is 341 g/mol. The minimum atomic E-state index is -0.986. The van der Waals surface area contributed by atoms with Gasteiger partial charge in [-0.15, -0.1) is 5.10 Å². The lowest BCUT2D eigenvalue weighted by molar-refractivity contribution is 0.0319. The smallest absolute Gasteiger partial charge is 0.338 e. The van der Waals surface area contributed by atoms with Crippen molar-refractivity contribution in [3.63, 3.8) is 0 Å². The zero-order valence-electron chi connectivity index (χ0n) is 13.8. The average Bonchev–Trinajstić information content (AvgIpc) is 3.03. The summed E-state index contributed by atoms with van der Waals surface area (Å²) in [6.45, 7) is 4.10. The van der Waals surface area contributed by atoms with Crippen molar-refractivity contribution < 1.29 is 18.7 Å². The van der Waals surface area contributed by atoms with Crippen molar-refractivity contribution in [1.29, 1.82) is 0 Å². The number of halogens is 1. The third-order valence-electron chi connectivity index (χ3n) is 3.83. The summed E-state index contributed by atoms with van der Waals surface area (Å²) in [6.07, 6.45) is -0.986. The fraction of sp³-hybridized carbons (Fsp3) is 0.222. The maximum atomic E-state index is 12.9. The molecule has 0 saturated carbocycles. The number of aromatic nitrogens is 3. The van der Waals surface area contributed by atoms with Crippen LogP contribution in [0, 0.1) is 5.82 Å². The van der Waals surface area contributed by atoms with Gasteiger partial charge in [0.05, 0.1) is 11.1 Å². The van der Waals surface area contributed by atoms with Crippen LogP contribution in [0.5, 0.6) is 0 Å². The van der Waals surface area contributed by atoms with Crippen molar-refractivity contribution in [3.8, 4) is 0 Å². The molecule has 0 fully saturated rings. The first-order valence-corrected chi connectivity index (χ1v) is 7.83. The summed E-state index contributed by atoms with van der Waals surface area (Å²) < 4.78 is 19.9. The van der Waals surface area contributed by atoms with E-state index >= 15 is 0 Å². The average molecular weight is 341 g/mol. The molecule has 6 nitrogen and oxygen atoms in total. The molecule has 0 N–H and O–H groups in total. The Morgan fingerprint density at radius 3 is 2.52 bits per heavy atom. The van der Waals surface area contributed by atoms with Gasteiger partial charge in [0.25, 0.3) is 0 Å². The number of hydrogen-bond acceptors (Lipinski definition) is 5. The maximum absolute atomic E-state index is 12.9. The number of benzene rings is 2. The largest absolute Gasteiger partial charge is 0.451 e. The predicted molar refractivity (Wildman–Crippen MR) is 88.8 cm³/mol. The highest BCUT2D eigenvalue weighted by molar-refractivity contribution is 6.01. The van der Waals surface area contributed by atoms with Crippen LogP contribution in [0.15, 0.2) is 42.5 Å². The minimum Gasteiger partial charge on any atom is -0.451 e. The molecule has 3 aromatic rings. The summed E-state index contributed by atoms with van der Waals surface area (Å²) in [7, 11) is 0. The number of rotatable bonds is 5. The van der Waals surface area contributed by atoms with Crippen LogP contribution in [0.2, 0.25) is 0 Å². The van der Waals surface area contributed by atoms with Crippen molar-refractivity contribution in [3.05, 3.63) is 59.4 Å². The highest BCUT2D eigenvalue weighted by atomic mass is 19.1. The van der Waals surface area contributed by atoms with E-state index in [4.69, 9.17) is 4.74 Å². The fourth-order valence-electron chi connectivity index (χ4n) is 2.46. The van der Waals surface area contributed by atoms with Crippen molar-refractivity contribution >= 4 is 22.8 Å². The number of fused-ring (bicyclic) bond motifs is 1.